The van der Waals surface area contributed by atoms with Gasteiger partial charge in [-0.3, -0.25) is 4.79 Å². The summed E-state index contributed by atoms with van der Waals surface area (Å²) in [6.07, 6.45) is 3.14. The molecule has 0 bridgehead atoms. The van der Waals surface area contributed by atoms with Crippen molar-refractivity contribution in [2.24, 2.45) is 7.05 Å². The summed E-state index contributed by atoms with van der Waals surface area (Å²) in [7, 11) is 1.78. The van der Waals surface area contributed by atoms with Crippen molar-refractivity contribution < 1.29 is 4.79 Å². The molecule has 2 rings (SSSR count). The maximum Gasteiger partial charge on any atom is 0.270 e. The van der Waals surface area contributed by atoms with Gasteiger partial charge in [-0.05, 0) is 24.6 Å². The Morgan fingerprint density at radius 2 is 2.28 bits per heavy atom. The van der Waals surface area contributed by atoms with Crippen LogP contribution in [0.3, 0.4) is 0 Å². The van der Waals surface area contributed by atoms with Gasteiger partial charge in [-0.2, -0.15) is 0 Å². The highest BCUT2D eigenvalue weighted by Gasteiger charge is 2.13. The van der Waals surface area contributed by atoms with E-state index in [-0.39, 0.29) is 11.9 Å². The number of imidazole rings is 1. The summed E-state index contributed by atoms with van der Waals surface area (Å²) >= 11 is 0. The smallest absolute Gasteiger partial charge is 0.270 e. The van der Waals surface area contributed by atoms with Crippen LogP contribution in [0.2, 0.25) is 0 Å². The minimum absolute atomic E-state index is 0.101. The number of hydrogen-bond acceptors (Lipinski definition) is 3. The lowest BCUT2D eigenvalue weighted by atomic mass is 10.1. The Balaban J connectivity index is 2.10. The number of hydrogen-bond donors (Lipinski definition) is 2. The van der Waals surface area contributed by atoms with Crippen LogP contribution in [0.5, 0.6) is 0 Å². The predicted molar refractivity (Wildman–Crippen MR) is 69.9 cm³/mol. The van der Waals surface area contributed by atoms with Crippen molar-refractivity contribution in [1.82, 2.24) is 14.9 Å². The Morgan fingerprint density at radius 3 is 2.89 bits per heavy atom. The zero-order valence-electron chi connectivity index (χ0n) is 10.4. The van der Waals surface area contributed by atoms with Gasteiger partial charge in [0.2, 0.25) is 0 Å². The van der Waals surface area contributed by atoms with Crippen LogP contribution in [0.1, 0.15) is 29.0 Å². The second kappa shape index (κ2) is 4.91. The summed E-state index contributed by atoms with van der Waals surface area (Å²) in [6.45, 7) is 1.92. The number of benzene rings is 1. The number of aryl methyl sites for hydroxylation is 1. The van der Waals surface area contributed by atoms with Crippen molar-refractivity contribution in [2.75, 3.05) is 5.73 Å². The molecule has 3 N–H and O–H groups in total. The van der Waals surface area contributed by atoms with Gasteiger partial charge < -0.3 is 15.6 Å². The zero-order chi connectivity index (χ0) is 13.1. The molecular weight excluding hydrogens is 228 g/mol. The van der Waals surface area contributed by atoms with Gasteiger partial charge in [0.15, 0.2) is 0 Å². The number of carbonyl (C=O) groups is 1. The average Bonchev–Trinajstić information content (AvgIpc) is 2.75. The highest BCUT2D eigenvalue weighted by molar-refractivity contribution is 5.92. The van der Waals surface area contributed by atoms with Crippen LogP contribution >= 0.6 is 0 Å². The number of nitrogens with zero attached hydrogens (tertiary/aromatic N) is 2. The van der Waals surface area contributed by atoms with Gasteiger partial charge in [-0.25, -0.2) is 4.98 Å². The Morgan fingerprint density at radius 1 is 1.50 bits per heavy atom. The fraction of sp³-hybridized carbons (Fsp3) is 0.231. The van der Waals surface area contributed by atoms with E-state index in [0.717, 1.165) is 5.56 Å². The minimum atomic E-state index is -0.148. The molecule has 1 aromatic heterocycles. The largest absolute Gasteiger partial charge is 0.399 e. The molecule has 0 saturated heterocycles. The molecule has 1 amide bonds. The third kappa shape index (κ3) is 2.51. The molecule has 0 saturated carbocycles. The fourth-order valence-electron chi connectivity index (χ4n) is 1.76. The third-order valence-corrected chi connectivity index (χ3v) is 2.81. The van der Waals surface area contributed by atoms with Crippen LogP contribution in [-0.2, 0) is 7.05 Å². The average molecular weight is 244 g/mol. The summed E-state index contributed by atoms with van der Waals surface area (Å²) in [5, 5.41) is 2.91. The Kier molecular flexibility index (Phi) is 3.32. The molecule has 0 aliphatic heterocycles. The lowest BCUT2D eigenvalue weighted by Crippen LogP contribution is -2.28. The number of nitrogens with two attached hydrogens (primary N) is 1. The van der Waals surface area contributed by atoms with E-state index in [1.807, 2.05) is 31.2 Å². The van der Waals surface area contributed by atoms with E-state index in [9.17, 15) is 4.79 Å². The molecule has 0 aliphatic carbocycles. The summed E-state index contributed by atoms with van der Waals surface area (Å²) in [4.78, 5) is 15.9. The standard InChI is InChI=1S/C13H16N4O/c1-9(10-4-3-5-11(14)6-10)16-13(18)12-7-15-8-17(12)2/h3-9H,14H2,1-2H3,(H,16,18). The van der Waals surface area contributed by atoms with Crippen molar-refractivity contribution in [1.29, 1.82) is 0 Å². The van der Waals surface area contributed by atoms with Crippen LogP contribution in [0.25, 0.3) is 0 Å². The van der Waals surface area contributed by atoms with E-state index >= 15 is 0 Å². The molecule has 0 spiro atoms. The molecule has 1 atom stereocenters. The monoisotopic (exact) mass is 244 g/mol. The summed E-state index contributed by atoms with van der Waals surface area (Å²) in [5.74, 6) is -0.148. The quantitative estimate of drug-likeness (QED) is 0.803. The van der Waals surface area contributed by atoms with Gasteiger partial charge in [0.25, 0.3) is 5.91 Å². The topological polar surface area (TPSA) is 72.9 Å². The molecule has 2 aromatic rings. The van der Waals surface area contributed by atoms with Crippen LogP contribution in [-0.4, -0.2) is 15.5 Å². The molecule has 1 heterocycles. The normalized spacial score (nSPS) is 12.1. The molecule has 1 aromatic carbocycles. The number of amides is 1. The van der Waals surface area contributed by atoms with E-state index in [4.69, 9.17) is 5.73 Å². The van der Waals surface area contributed by atoms with Crippen molar-refractivity contribution in [3.8, 4) is 0 Å². The molecule has 5 nitrogen and oxygen atoms in total. The van der Waals surface area contributed by atoms with E-state index in [0.29, 0.717) is 11.4 Å². The number of nitrogen functional groups attached to an aromatic ring is 1. The summed E-state index contributed by atoms with van der Waals surface area (Å²) in [6, 6.07) is 7.38. The Hall–Kier alpha value is -2.30. The lowest BCUT2D eigenvalue weighted by Gasteiger charge is -2.14. The third-order valence-electron chi connectivity index (χ3n) is 2.81. The first-order valence-electron chi connectivity index (χ1n) is 5.70. The van der Waals surface area contributed by atoms with Crippen molar-refractivity contribution in [3.63, 3.8) is 0 Å². The molecule has 0 radical (unpaired) electrons. The highest BCUT2D eigenvalue weighted by atomic mass is 16.2. The number of rotatable bonds is 3. The van der Waals surface area contributed by atoms with Gasteiger partial charge in [0.05, 0.1) is 18.6 Å². The molecule has 0 aliphatic rings. The number of carbonyl (C=O) groups excluding carboxylic acids is 1. The SMILES string of the molecule is CC(NC(=O)c1cncn1C)c1cccc(N)c1. The van der Waals surface area contributed by atoms with E-state index in [2.05, 4.69) is 10.3 Å². The van der Waals surface area contributed by atoms with Gasteiger partial charge in [-0.1, -0.05) is 12.1 Å². The number of nitrogens with one attached hydrogen (secondary N) is 1. The van der Waals surface area contributed by atoms with E-state index < -0.39 is 0 Å². The zero-order valence-corrected chi connectivity index (χ0v) is 10.4. The number of aromatic nitrogens is 2. The van der Waals surface area contributed by atoms with E-state index in [1.54, 1.807) is 24.1 Å². The second-order valence-corrected chi connectivity index (χ2v) is 4.26. The van der Waals surface area contributed by atoms with Gasteiger partial charge in [0, 0.05) is 12.7 Å². The van der Waals surface area contributed by atoms with E-state index in [1.165, 1.54) is 0 Å². The van der Waals surface area contributed by atoms with Crippen LogP contribution in [0, 0.1) is 0 Å². The minimum Gasteiger partial charge on any atom is -0.399 e. The Bertz CT molecular complexity index is 562. The maximum atomic E-state index is 12.0. The molecular formula is C13H16N4O. The highest BCUT2D eigenvalue weighted by Crippen LogP contribution is 2.15. The molecule has 18 heavy (non-hydrogen) atoms. The van der Waals surface area contributed by atoms with Crippen molar-refractivity contribution in [2.45, 2.75) is 13.0 Å². The first kappa shape index (κ1) is 12.2. The van der Waals surface area contributed by atoms with Crippen LogP contribution in [0.4, 0.5) is 5.69 Å². The summed E-state index contributed by atoms with van der Waals surface area (Å²) in [5.41, 5.74) is 7.92. The molecule has 0 fully saturated rings. The van der Waals surface area contributed by atoms with Gasteiger partial charge >= 0.3 is 0 Å². The van der Waals surface area contributed by atoms with Crippen molar-refractivity contribution >= 4 is 11.6 Å². The van der Waals surface area contributed by atoms with Gasteiger partial charge in [0.1, 0.15) is 5.69 Å². The second-order valence-electron chi connectivity index (χ2n) is 4.26. The lowest BCUT2D eigenvalue weighted by molar-refractivity contribution is 0.0931. The molecule has 1 unspecified atom stereocenters. The first-order chi connectivity index (χ1) is 8.58. The van der Waals surface area contributed by atoms with Gasteiger partial charge in [-0.15, -0.1) is 0 Å². The maximum absolute atomic E-state index is 12.0. The number of anilines is 1. The molecule has 5 heteroatoms. The van der Waals surface area contributed by atoms with Crippen LogP contribution < -0.4 is 11.1 Å². The Labute approximate surface area is 106 Å². The molecule has 94 valence electrons. The fourth-order valence-corrected chi connectivity index (χ4v) is 1.76. The predicted octanol–water partition coefficient (Wildman–Crippen LogP) is 1.49. The summed E-state index contributed by atoms with van der Waals surface area (Å²) < 4.78 is 1.68. The first-order valence-corrected chi connectivity index (χ1v) is 5.70. The van der Waals surface area contributed by atoms with Crippen molar-refractivity contribution in [3.05, 3.63) is 48.0 Å². The van der Waals surface area contributed by atoms with Crippen LogP contribution in [0.15, 0.2) is 36.8 Å².